The SMILES string of the molecule is Cc1cc(-c2nn(-c3ccccc3)cc2C=c2sc3nc(-c4oc5ccccc5c4C)nn3c2=O)ccc1OCC(C)C. The molecule has 0 saturated carbocycles. The summed E-state index contributed by atoms with van der Waals surface area (Å²) in [5, 5.41) is 10.5. The van der Waals surface area contributed by atoms with E-state index in [0.29, 0.717) is 33.6 Å². The van der Waals surface area contributed by atoms with Gasteiger partial charge in [-0.25, -0.2) is 4.68 Å². The highest BCUT2D eigenvalue weighted by molar-refractivity contribution is 7.15. The van der Waals surface area contributed by atoms with Gasteiger partial charge < -0.3 is 9.15 Å². The molecule has 0 spiro atoms. The Hall–Kier alpha value is -5.02. The monoisotopic (exact) mass is 587 g/mol. The Morgan fingerprint density at radius 1 is 1.00 bits per heavy atom. The first-order valence-electron chi connectivity index (χ1n) is 14.1. The molecule has 0 aliphatic heterocycles. The van der Waals surface area contributed by atoms with Crippen LogP contribution in [-0.2, 0) is 0 Å². The highest BCUT2D eigenvalue weighted by Gasteiger charge is 2.20. The molecule has 9 heteroatoms. The largest absolute Gasteiger partial charge is 0.493 e. The second-order valence-corrected chi connectivity index (χ2v) is 12.0. The molecule has 43 heavy (non-hydrogen) atoms. The minimum Gasteiger partial charge on any atom is -0.493 e. The zero-order valence-corrected chi connectivity index (χ0v) is 25.1. The van der Waals surface area contributed by atoms with Crippen LogP contribution >= 0.6 is 11.3 Å². The minimum atomic E-state index is -0.237. The number of hydrogen-bond donors (Lipinski definition) is 0. The van der Waals surface area contributed by atoms with Crippen molar-refractivity contribution in [3.63, 3.8) is 0 Å². The van der Waals surface area contributed by atoms with Gasteiger partial charge in [-0.2, -0.15) is 14.6 Å². The topological polar surface area (TPSA) is 87.5 Å². The maximum atomic E-state index is 13.6. The summed E-state index contributed by atoms with van der Waals surface area (Å²) in [6, 6.07) is 23.8. The third-order valence-electron chi connectivity index (χ3n) is 7.30. The minimum absolute atomic E-state index is 0.237. The first-order valence-corrected chi connectivity index (χ1v) is 15.0. The fraction of sp³-hybridized carbons (Fsp3) is 0.176. The zero-order chi connectivity index (χ0) is 29.7. The molecule has 0 aliphatic rings. The van der Waals surface area contributed by atoms with E-state index in [2.05, 4.69) is 30.0 Å². The Balaban J connectivity index is 1.32. The third-order valence-corrected chi connectivity index (χ3v) is 8.26. The van der Waals surface area contributed by atoms with Crippen molar-refractivity contribution in [2.24, 2.45) is 5.92 Å². The molecule has 214 valence electrons. The van der Waals surface area contributed by atoms with Crippen LogP contribution in [0.4, 0.5) is 0 Å². The van der Waals surface area contributed by atoms with Gasteiger partial charge in [0, 0.05) is 28.3 Å². The molecule has 0 aliphatic carbocycles. The second-order valence-electron chi connectivity index (χ2n) is 11.0. The lowest BCUT2D eigenvalue weighted by molar-refractivity contribution is 0.269. The summed E-state index contributed by atoms with van der Waals surface area (Å²) in [5.74, 6) is 2.26. The number of aromatic nitrogens is 5. The van der Waals surface area contributed by atoms with Crippen molar-refractivity contribution in [2.45, 2.75) is 27.7 Å². The van der Waals surface area contributed by atoms with Crippen molar-refractivity contribution in [2.75, 3.05) is 6.61 Å². The van der Waals surface area contributed by atoms with Crippen LogP contribution in [0.3, 0.4) is 0 Å². The molecule has 0 fully saturated rings. The van der Waals surface area contributed by atoms with Crippen molar-refractivity contribution in [3.05, 3.63) is 111 Å². The number of aryl methyl sites for hydroxylation is 2. The molecule has 0 amide bonds. The number of benzene rings is 3. The Labute approximate surface area is 251 Å². The average molecular weight is 588 g/mol. The molecule has 8 nitrogen and oxygen atoms in total. The highest BCUT2D eigenvalue weighted by Crippen LogP contribution is 2.32. The smallest absolute Gasteiger partial charge is 0.291 e. The van der Waals surface area contributed by atoms with Crippen molar-refractivity contribution in [3.8, 4) is 34.3 Å². The lowest BCUT2D eigenvalue weighted by atomic mass is 10.0. The van der Waals surface area contributed by atoms with E-state index in [9.17, 15) is 4.79 Å². The van der Waals surface area contributed by atoms with E-state index in [-0.39, 0.29) is 5.56 Å². The fourth-order valence-electron chi connectivity index (χ4n) is 5.10. The van der Waals surface area contributed by atoms with E-state index >= 15 is 0 Å². The van der Waals surface area contributed by atoms with Gasteiger partial charge in [0.05, 0.1) is 16.8 Å². The predicted molar refractivity (Wildman–Crippen MR) is 170 cm³/mol. The fourth-order valence-corrected chi connectivity index (χ4v) is 6.00. The molecule has 0 atom stereocenters. The summed E-state index contributed by atoms with van der Waals surface area (Å²) in [4.78, 5) is 18.7. The predicted octanol–water partition coefficient (Wildman–Crippen LogP) is 6.62. The molecule has 7 rings (SSSR count). The van der Waals surface area contributed by atoms with Crippen LogP contribution in [0.25, 0.3) is 50.5 Å². The molecular weight excluding hydrogens is 558 g/mol. The average Bonchev–Trinajstić information content (AvgIpc) is 3.77. The van der Waals surface area contributed by atoms with Crippen LogP contribution in [0.1, 0.15) is 30.5 Å². The highest BCUT2D eigenvalue weighted by atomic mass is 32.1. The lowest BCUT2D eigenvalue weighted by Crippen LogP contribution is -2.23. The van der Waals surface area contributed by atoms with Crippen LogP contribution in [0.15, 0.2) is 88.2 Å². The Kier molecular flexibility index (Phi) is 6.66. The molecule has 0 bridgehead atoms. The summed E-state index contributed by atoms with van der Waals surface area (Å²) in [5.41, 5.74) is 5.94. The number of nitrogens with zero attached hydrogens (tertiary/aromatic N) is 5. The molecule has 4 heterocycles. The molecule has 4 aromatic heterocycles. The second kappa shape index (κ2) is 10.7. The standard InChI is InChI=1S/C34H29N5O3S/c1-20(2)19-41-27-15-14-23(16-21(27)3)30-24(18-38(36-30)25-10-6-5-7-11-25)17-29-33(40)39-34(43-29)35-32(37-39)31-22(4)26-12-8-9-13-28(26)42-31/h5-18,20H,19H2,1-4H3. The van der Waals surface area contributed by atoms with Gasteiger partial charge in [-0.1, -0.05) is 61.6 Å². The van der Waals surface area contributed by atoms with Crippen LogP contribution < -0.4 is 14.8 Å². The molecule has 7 aromatic rings. The first kappa shape index (κ1) is 26.9. The van der Waals surface area contributed by atoms with E-state index in [1.165, 1.54) is 15.9 Å². The van der Waals surface area contributed by atoms with Crippen LogP contribution in [0.5, 0.6) is 5.75 Å². The Bertz CT molecular complexity index is 2220. The molecule has 0 N–H and O–H groups in total. The number of rotatable bonds is 7. The Morgan fingerprint density at radius 2 is 1.79 bits per heavy atom. The van der Waals surface area contributed by atoms with Gasteiger partial charge in [-0.15, -0.1) is 5.10 Å². The maximum absolute atomic E-state index is 13.6. The summed E-state index contributed by atoms with van der Waals surface area (Å²) in [6.45, 7) is 8.92. The van der Waals surface area contributed by atoms with Crippen LogP contribution in [0, 0.1) is 19.8 Å². The number of ether oxygens (including phenoxy) is 1. The maximum Gasteiger partial charge on any atom is 0.291 e. The molecule has 0 unspecified atom stereocenters. The van der Waals surface area contributed by atoms with E-state index < -0.39 is 0 Å². The summed E-state index contributed by atoms with van der Waals surface area (Å²) in [7, 11) is 0. The van der Waals surface area contributed by atoms with E-state index in [1.807, 2.05) is 97.5 Å². The Morgan fingerprint density at radius 3 is 2.53 bits per heavy atom. The van der Waals surface area contributed by atoms with Crippen molar-refractivity contribution < 1.29 is 9.15 Å². The number of para-hydroxylation sites is 2. The van der Waals surface area contributed by atoms with Gasteiger partial charge in [0.1, 0.15) is 17.0 Å². The van der Waals surface area contributed by atoms with Gasteiger partial charge in [0.25, 0.3) is 5.56 Å². The normalized spacial score (nSPS) is 12.3. The molecule has 0 radical (unpaired) electrons. The zero-order valence-electron chi connectivity index (χ0n) is 24.2. The van der Waals surface area contributed by atoms with Gasteiger partial charge in [-0.3, -0.25) is 4.79 Å². The van der Waals surface area contributed by atoms with Crippen LogP contribution in [0.2, 0.25) is 0 Å². The van der Waals surface area contributed by atoms with Gasteiger partial charge >= 0.3 is 0 Å². The molecule has 3 aromatic carbocycles. The van der Waals surface area contributed by atoms with E-state index in [1.54, 1.807) is 0 Å². The summed E-state index contributed by atoms with van der Waals surface area (Å²) >= 11 is 1.29. The summed E-state index contributed by atoms with van der Waals surface area (Å²) in [6.07, 6.45) is 3.82. The van der Waals surface area contributed by atoms with Crippen LogP contribution in [-0.4, -0.2) is 31.0 Å². The third kappa shape index (κ3) is 4.91. The summed E-state index contributed by atoms with van der Waals surface area (Å²) < 4.78 is 15.7. The van der Waals surface area contributed by atoms with E-state index in [4.69, 9.17) is 14.3 Å². The van der Waals surface area contributed by atoms with Gasteiger partial charge in [0.2, 0.25) is 10.8 Å². The number of hydrogen-bond acceptors (Lipinski definition) is 7. The quantitative estimate of drug-likeness (QED) is 0.208. The van der Waals surface area contributed by atoms with E-state index in [0.717, 1.165) is 50.4 Å². The van der Waals surface area contributed by atoms with Gasteiger partial charge in [0.15, 0.2) is 5.76 Å². The van der Waals surface area contributed by atoms with Crippen molar-refractivity contribution in [1.82, 2.24) is 24.4 Å². The number of thiazole rings is 1. The number of fused-ring (bicyclic) bond motifs is 2. The van der Waals surface area contributed by atoms with Crippen molar-refractivity contribution in [1.29, 1.82) is 0 Å². The van der Waals surface area contributed by atoms with Crippen molar-refractivity contribution >= 4 is 33.3 Å². The van der Waals surface area contributed by atoms with Gasteiger partial charge in [-0.05, 0) is 67.8 Å². The first-order chi connectivity index (χ1) is 20.9. The molecular formula is C34H29N5O3S. The lowest BCUT2D eigenvalue weighted by Gasteiger charge is -2.12. The molecule has 0 saturated heterocycles. The number of furan rings is 1.